The maximum Gasteiger partial charge on any atom is 0.307 e. The van der Waals surface area contributed by atoms with Gasteiger partial charge in [0.2, 0.25) is 5.13 Å². The molecular weight excluding hydrogens is 220 g/mol. The molecule has 2 rings (SSSR count). The SMILES string of the molecule is CNc1nnc(Cn2ccsc2=O)s1. The molecule has 2 aromatic heterocycles. The molecule has 0 unspecified atom stereocenters. The lowest BCUT2D eigenvalue weighted by Gasteiger charge is -1.93. The molecule has 0 fully saturated rings. The standard InChI is InChI=1S/C7H8N4OS2/c1-8-6-10-9-5(14-6)4-11-2-3-13-7(11)12/h2-3H,4H2,1H3,(H,8,10). The van der Waals surface area contributed by atoms with Gasteiger partial charge in [0, 0.05) is 18.6 Å². The van der Waals surface area contributed by atoms with Crippen LogP contribution in [0.1, 0.15) is 5.01 Å². The van der Waals surface area contributed by atoms with Gasteiger partial charge < -0.3 is 5.32 Å². The number of nitrogens with one attached hydrogen (secondary N) is 1. The summed E-state index contributed by atoms with van der Waals surface area (Å²) < 4.78 is 1.62. The summed E-state index contributed by atoms with van der Waals surface area (Å²) in [7, 11) is 1.79. The van der Waals surface area contributed by atoms with Gasteiger partial charge in [-0.2, -0.15) is 0 Å². The van der Waals surface area contributed by atoms with Gasteiger partial charge in [-0.3, -0.25) is 9.36 Å². The van der Waals surface area contributed by atoms with Gasteiger partial charge in [0.25, 0.3) is 0 Å². The number of nitrogens with zero attached hydrogens (tertiary/aromatic N) is 3. The first kappa shape index (κ1) is 9.35. The number of hydrogen-bond acceptors (Lipinski definition) is 6. The molecule has 0 radical (unpaired) electrons. The molecule has 0 aliphatic rings. The molecule has 0 spiro atoms. The lowest BCUT2D eigenvalue weighted by molar-refractivity contribution is 0.765. The van der Waals surface area contributed by atoms with Crippen LogP contribution < -0.4 is 10.2 Å². The van der Waals surface area contributed by atoms with Crippen LogP contribution in [0.25, 0.3) is 0 Å². The lowest BCUT2D eigenvalue weighted by Crippen LogP contribution is -2.12. The van der Waals surface area contributed by atoms with Gasteiger partial charge in [-0.1, -0.05) is 22.7 Å². The Kier molecular flexibility index (Phi) is 2.60. The van der Waals surface area contributed by atoms with E-state index in [2.05, 4.69) is 15.5 Å². The van der Waals surface area contributed by atoms with E-state index in [1.54, 1.807) is 23.2 Å². The average Bonchev–Trinajstić information content (AvgIpc) is 2.77. The average molecular weight is 228 g/mol. The molecule has 0 amide bonds. The maximum absolute atomic E-state index is 11.2. The van der Waals surface area contributed by atoms with Gasteiger partial charge in [0.15, 0.2) is 0 Å². The highest BCUT2D eigenvalue weighted by molar-refractivity contribution is 7.15. The Morgan fingerprint density at radius 2 is 2.43 bits per heavy atom. The lowest BCUT2D eigenvalue weighted by atomic mass is 10.6. The summed E-state index contributed by atoms with van der Waals surface area (Å²) in [6, 6.07) is 0. The number of hydrogen-bond donors (Lipinski definition) is 1. The Morgan fingerprint density at radius 1 is 1.57 bits per heavy atom. The van der Waals surface area contributed by atoms with E-state index in [1.165, 1.54) is 22.7 Å². The van der Waals surface area contributed by atoms with Crippen molar-refractivity contribution < 1.29 is 0 Å². The molecule has 0 atom stereocenters. The van der Waals surface area contributed by atoms with E-state index in [4.69, 9.17) is 0 Å². The molecule has 5 nitrogen and oxygen atoms in total. The smallest absolute Gasteiger partial charge is 0.307 e. The van der Waals surface area contributed by atoms with Gasteiger partial charge in [-0.05, 0) is 0 Å². The van der Waals surface area contributed by atoms with Crippen molar-refractivity contribution in [3.8, 4) is 0 Å². The second kappa shape index (κ2) is 3.89. The normalized spacial score (nSPS) is 10.4. The van der Waals surface area contributed by atoms with Crippen LogP contribution in [0, 0.1) is 0 Å². The predicted octanol–water partition coefficient (Wildman–Crippen LogP) is 0.851. The molecule has 2 heterocycles. The molecule has 0 aliphatic heterocycles. The fourth-order valence-electron chi connectivity index (χ4n) is 0.972. The Hall–Kier alpha value is -1.21. The third kappa shape index (κ3) is 1.83. The van der Waals surface area contributed by atoms with E-state index in [0.29, 0.717) is 6.54 Å². The largest absolute Gasteiger partial charge is 0.363 e. The van der Waals surface area contributed by atoms with E-state index in [-0.39, 0.29) is 4.87 Å². The third-order valence-corrected chi connectivity index (χ3v) is 3.25. The van der Waals surface area contributed by atoms with Crippen LogP contribution in [0.15, 0.2) is 16.4 Å². The van der Waals surface area contributed by atoms with Crippen molar-refractivity contribution in [1.82, 2.24) is 14.8 Å². The van der Waals surface area contributed by atoms with Gasteiger partial charge in [0.1, 0.15) is 5.01 Å². The number of thiazole rings is 1. The first-order valence-electron chi connectivity index (χ1n) is 3.93. The fraction of sp³-hybridized carbons (Fsp3) is 0.286. The topological polar surface area (TPSA) is 59.8 Å². The first-order chi connectivity index (χ1) is 6.79. The zero-order chi connectivity index (χ0) is 9.97. The van der Waals surface area contributed by atoms with Gasteiger partial charge in [-0.15, -0.1) is 10.2 Å². The predicted molar refractivity (Wildman–Crippen MR) is 57.1 cm³/mol. The van der Waals surface area contributed by atoms with Crippen molar-refractivity contribution in [1.29, 1.82) is 0 Å². The Labute approximate surface area is 88.0 Å². The van der Waals surface area contributed by atoms with Crippen molar-refractivity contribution in [2.45, 2.75) is 6.54 Å². The Morgan fingerprint density at radius 3 is 3.00 bits per heavy atom. The zero-order valence-corrected chi connectivity index (χ0v) is 9.06. The maximum atomic E-state index is 11.2. The van der Waals surface area contributed by atoms with Crippen LogP contribution in [-0.4, -0.2) is 21.8 Å². The summed E-state index contributed by atoms with van der Waals surface area (Å²) in [6.45, 7) is 0.502. The highest BCUT2D eigenvalue weighted by Gasteiger charge is 2.04. The molecule has 74 valence electrons. The van der Waals surface area contributed by atoms with E-state index in [0.717, 1.165) is 10.1 Å². The van der Waals surface area contributed by atoms with Crippen molar-refractivity contribution in [2.75, 3.05) is 12.4 Å². The molecule has 0 saturated heterocycles. The second-order valence-corrected chi connectivity index (χ2v) is 4.47. The van der Waals surface area contributed by atoms with Crippen LogP contribution in [0.4, 0.5) is 5.13 Å². The molecular formula is C7H8N4OS2. The van der Waals surface area contributed by atoms with Crippen molar-refractivity contribution in [2.24, 2.45) is 0 Å². The summed E-state index contributed by atoms with van der Waals surface area (Å²) in [5.74, 6) is 0. The fourth-order valence-corrected chi connectivity index (χ4v) is 2.25. The minimum Gasteiger partial charge on any atom is -0.363 e. The minimum atomic E-state index is 0.0335. The summed E-state index contributed by atoms with van der Waals surface area (Å²) in [5.41, 5.74) is 0. The van der Waals surface area contributed by atoms with Crippen LogP contribution in [0.5, 0.6) is 0 Å². The van der Waals surface area contributed by atoms with E-state index in [9.17, 15) is 4.79 Å². The summed E-state index contributed by atoms with van der Waals surface area (Å²) in [4.78, 5) is 11.3. The molecule has 14 heavy (non-hydrogen) atoms. The van der Waals surface area contributed by atoms with Crippen molar-refractivity contribution >= 4 is 27.8 Å². The summed E-state index contributed by atoms with van der Waals surface area (Å²) >= 11 is 2.64. The summed E-state index contributed by atoms with van der Waals surface area (Å²) in [5, 5.41) is 14.1. The van der Waals surface area contributed by atoms with Gasteiger partial charge in [0.05, 0.1) is 6.54 Å². The molecule has 1 N–H and O–H groups in total. The third-order valence-electron chi connectivity index (χ3n) is 1.63. The van der Waals surface area contributed by atoms with Crippen LogP contribution in [0.2, 0.25) is 0 Å². The highest BCUT2D eigenvalue weighted by Crippen LogP contribution is 2.14. The quantitative estimate of drug-likeness (QED) is 0.846. The van der Waals surface area contributed by atoms with Crippen LogP contribution >= 0.6 is 22.7 Å². The monoisotopic (exact) mass is 228 g/mol. The molecule has 0 saturated carbocycles. The molecule has 0 bridgehead atoms. The molecule has 7 heteroatoms. The molecule has 0 aliphatic carbocycles. The summed E-state index contributed by atoms with van der Waals surface area (Å²) in [6.07, 6.45) is 1.76. The van der Waals surface area contributed by atoms with Gasteiger partial charge >= 0.3 is 4.87 Å². The van der Waals surface area contributed by atoms with Crippen LogP contribution in [-0.2, 0) is 6.54 Å². The minimum absolute atomic E-state index is 0.0335. The number of anilines is 1. The number of aromatic nitrogens is 3. The highest BCUT2D eigenvalue weighted by atomic mass is 32.1. The first-order valence-corrected chi connectivity index (χ1v) is 5.63. The van der Waals surface area contributed by atoms with E-state index >= 15 is 0 Å². The molecule has 0 aromatic carbocycles. The van der Waals surface area contributed by atoms with E-state index in [1.807, 2.05) is 0 Å². The van der Waals surface area contributed by atoms with Crippen molar-refractivity contribution in [3.05, 3.63) is 26.3 Å². The van der Waals surface area contributed by atoms with Gasteiger partial charge in [-0.25, -0.2) is 0 Å². The zero-order valence-electron chi connectivity index (χ0n) is 7.43. The number of rotatable bonds is 3. The Balaban J connectivity index is 2.19. The molecule has 2 aromatic rings. The van der Waals surface area contributed by atoms with Crippen LogP contribution in [0.3, 0.4) is 0 Å². The van der Waals surface area contributed by atoms with Crippen molar-refractivity contribution in [3.63, 3.8) is 0 Å². The second-order valence-electron chi connectivity index (χ2n) is 2.55. The Bertz CT molecular complexity index is 472. The van der Waals surface area contributed by atoms with E-state index < -0.39 is 0 Å².